The molecule has 0 atom stereocenters. The van der Waals surface area contributed by atoms with Gasteiger partial charge in [-0.1, -0.05) is 55.5 Å². The molecule has 0 heterocycles. The van der Waals surface area contributed by atoms with Gasteiger partial charge in [0.25, 0.3) is 6.47 Å². The summed E-state index contributed by atoms with van der Waals surface area (Å²) in [6.07, 6.45) is 22.6. The molecule has 0 fully saturated rings. The Morgan fingerprint density at radius 2 is 1.36 bits per heavy atom. The van der Waals surface area contributed by atoms with Gasteiger partial charge in [-0.05, 0) is 32.1 Å². The number of hydrogen-bond acceptors (Lipinski definition) is 3. The van der Waals surface area contributed by atoms with E-state index in [-0.39, 0.29) is 12.4 Å². The summed E-state index contributed by atoms with van der Waals surface area (Å²) in [5.74, 6) is 0.129. The summed E-state index contributed by atoms with van der Waals surface area (Å²) in [4.78, 5) is 21.3. The number of rotatable bonds is 14. The van der Waals surface area contributed by atoms with E-state index in [0.29, 0.717) is 19.3 Å². The topological polar surface area (TPSA) is 43.4 Å². The van der Waals surface area contributed by atoms with Crippen LogP contribution in [0.3, 0.4) is 0 Å². The number of Topliss-reactive ketones (excluding diaryl/α,β-unsaturated/α-hetero) is 1. The van der Waals surface area contributed by atoms with Crippen LogP contribution in [-0.4, -0.2) is 18.9 Å². The third kappa shape index (κ3) is 16.2. The van der Waals surface area contributed by atoms with Crippen LogP contribution in [0, 0.1) is 0 Å². The zero-order valence-electron chi connectivity index (χ0n) is 13.6. The van der Waals surface area contributed by atoms with Gasteiger partial charge in [0.05, 0.1) is 6.61 Å². The van der Waals surface area contributed by atoms with E-state index in [0.717, 1.165) is 32.1 Å². The second-order valence-corrected chi connectivity index (χ2v) is 4.80. The molecule has 0 saturated carbocycles. The van der Waals surface area contributed by atoms with Crippen molar-refractivity contribution in [2.45, 2.75) is 51.9 Å². The zero-order valence-corrected chi connectivity index (χ0v) is 13.6. The summed E-state index contributed by atoms with van der Waals surface area (Å²) in [6.45, 7) is 2.70. The summed E-state index contributed by atoms with van der Waals surface area (Å²) in [5.41, 5.74) is 0. The first-order valence-corrected chi connectivity index (χ1v) is 7.98. The van der Waals surface area contributed by atoms with E-state index in [1.54, 1.807) is 0 Å². The number of allylic oxidation sites excluding steroid dienone is 8. The van der Waals surface area contributed by atoms with Gasteiger partial charge in [0.2, 0.25) is 0 Å². The Kier molecular flexibility index (Phi) is 15.7. The highest BCUT2D eigenvalue weighted by Gasteiger charge is 1.99. The Morgan fingerprint density at radius 3 is 1.91 bits per heavy atom. The van der Waals surface area contributed by atoms with E-state index < -0.39 is 0 Å². The molecule has 0 amide bonds. The van der Waals surface area contributed by atoms with Crippen molar-refractivity contribution in [3.8, 4) is 0 Å². The number of ether oxygens (including phenoxy) is 1. The Labute approximate surface area is 134 Å². The Bertz CT molecular complexity index is 389. The summed E-state index contributed by atoms with van der Waals surface area (Å²) >= 11 is 0. The van der Waals surface area contributed by atoms with Crippen LogP contribution in [-0.2, 0) is 14.3 Å². The largest absolute Gasteiger partial charge is 0.467 e. The molecule has 0 aliphatic carbocycles. The summed E-state index contributed by atoms with van der Waals surface area (Å²) < 4.78 is 4.49. The quantitative estimate of drug-likeness (QED) is 0.265. The molecule has 0 saturated heterocycles. The number of carbonyl (C=O) groups excluding carboxylic acids is 2. The van der Waals surface area contributed by atoms with Crippen molar-refractivity contribution in [3.05, 3.63) is 48.6 Å². The lowest BCUT2D eigenvalue weighted by atomic mass is 10.1. The monoisotopic (exact) mass is 304 g/mol. The first-order chi connectivity index (χ1) is 10.8. The van der Waals surface area contributed by atoms with E-state index in [1.807, 2.05) is 6.08 Å². The van der Waals surface area contributed by atoms with Crippen LogP contribution in [0.15, 0.2) is 48.6 Å². The van der Waals surface area contributed by atoms with Crippen LogP contribution >= 0.6 is 0 Å². The minimum atomic E-state index is 0.129. The molecule has 0 aromatic rings. The molecule has 0 spiro atoms. The molecular weight excluding hydrogens is 276 g/mol. The van der Waals surface area contributed by atoms with Gasteiger partial charge in [-0.25, -0.2) is 0 Å². The summed E-state index contributed by atoms with van der Waals surface area (Å²) in [6, 6.07) is 0. The van der Waals surface area contributed by atoms with Crippen molar-refractivity contribution >= 4 is 12.3 Å². The van der Waals surface area contributed by atoms with Crippen molar-refractivity contribution < 1.29 is 14.3 Å². The molecular formula is C19H28O3. The minimum Gasteiger partial charge on any atom is -0.467 e. The van der Waals surface area contributed by atoms with Crippen molar-refractivity contribution in [2.24, 2.45) is 0 Å². The molecule has 0 aliphatic rings. The van der Waals surface area contributed by atoms with Gasteiger partial charge in [0, 0.05) is 12.8 Å². The molecule has 122 valence electrons. The molecule has 0 N–H and O–H groups in total. The maximum atomic E-state index is 11.4. The van der Waals surface area contributed by atoms with Crippen LogP contribution in [0.25, 0.3) is 0 Å². The fourth-order valence-corrected chi connectivity index (χ4v) is 1.69. The molecule has 0 rings (SSSR count). The summed E-state index contributed by atoms with van der Waals surface area (Å²) in [5, 5.41) is 0. The van der Waals surface area contributed by atoms with Crippen LogP contribution in [0.4, 0.5) is 0 Å². The van der Waals surface area contributed by atoms with Crippen molar-refractivity contribution in [1.29, 1.82) is 0 Å². The Morgan fingerprint density at radius 1 is 0.818 bits per heavy atom. The van der Waals surface area contributed by atoms with E-state index in [4.69, 9.17) is 0 Å². The third-order valence-electron chi connectivity index (χ3n) is 2.88. The second kappa shape index (κ2) is 17.2. The molecule has 0 aliphatic heterocycles. The molecule has 0 aromatic heterocycles. The first kappa shape index (κ1) is 20.1. The van der Waals surface area contributed by atoms with Gasteiger partial charge in [-0.3, -0.25) is 9.59 Å². The average Bonchev–Trinajstić information content (AvgIpc) is 2.52. The van der Waals surface area contributed by atoms with Gasteiger partial charge in [0.1, 0.15) is 5.78 Å². The van der Waals surface area contributed by atoms with E-state index in [1.165, 1.54) is 0 Å². The lowest BCUT2D eigenvalue weighted by molar-refractivity contribution is -0.130. The highest BCUT2D eigenvalue weighted by molar-refractivity contribution is 5.78. The van der Waals surface area contributed by atoms with Gasteiger partial charge in [-0.15, -0.1) is 0 Å². The van der Waals surface area contributed by atoms with E-state index in [9.17, 15) is 9.59 Å². The summed E-state index contributed by atoms with van der Waals surface area (Å²) in [7, 11) is 0. The molecule has 0 radical (unpaired) electrons. The minimum absolute atomic E-state index is 0.129. The number of carbonyl (C=O) groups is 2. The predicted octanol–water partition coefficient (Wildman–Crippen LogP) is 4.70. The predicted molar refractivity (Wildman–Crippen MR) is 91.6 cm³/mol. The van der Waals surface area contributed by atoms with E-state index >= 15 is 0 Å². The fraction of sp³-hybridized carbons (Fsp3) is 0.474. The van der Waals surface area contributed by atoms with Crippen LogP contribution in [0.1, 0.15) is 51.9 Å². The lowest BCUT2D eigenvalue weighted by Gasteiger charge is -1.97. The van der Waals surface area contributed by atoms with Crippen molar-refractivity contribution in [2.75, 3.05) is 6.61 Å². The smallest absolute Gasteiger partial charge is 0.293 e. The highest BCUT2D eigenvalue weighted by Crippen LogP contribution is 1.99. The normalized spacial score (nSPS) is 12.0. The number of ketones is 1. The molecule has 22 heavy (non-hydrogen) atoms. The second-order valence-electron chi connectivity index (χ2n) is 4.80. The molecule has 0 unspecified atom stereocenters. The molecule has 0 bridgehead atoms. The Balaban J connectivity index is 3.49. The molecule has 3 heteroatoms. The first-order valence-electron chi connectivity index (χ1n) is 7.98. The van der Waals surface area contributed by atoms with Crippen molar-refractivity contribution in [1.82, 2.24) is 0 Å². The molecule has 0 aromatic carbocycles. The standard InChI is InChI=1S/C19H28O3/c1-2-3-4-5-6-7-8-9-10-11-12-13-14-15-19(21)16-17-22-18-20/h3-4,6-7,9-10,12-13,18H,2,5,8,11,14-17H2,1H3/b4-3-,7-6-,10-9-,13-12-. The van der Waals surface area contributed by atoms with Crippen LogP contribution in [0.5, 0.6) is 0 Å². The maximum absolute atomic E-state index is 11.4. The molecule has 3 nitrogen and oxygen atoms in total. The SMILES string of the molecule is CC/C=C\C/C=C\C/C=C\C/C=C\CCC(=O)CCOC=O. The van der Waals surface area contributed by atoms with Gasteiger partial charge in [-0.2, -0.15) is 0 Å². The fourth-order valence-electron chi connectivity index (χ4n) is 1.69. The number of hydrogen-bond donors (Lipinski definition) is 0. The third-order valence-corrected chi connectivity index (χ3v) is 2.88. The zero-order chi connectivity index (χ0) is 16.3. The highest BCUT2D eigenvalue weighted by atomic mass is 16.5. The van der Waals surface area contributed by atoms with E-state index in [2.05, 4.69) is 54.2 Å². The van der Waals surface area contributed by atoms with Crippen molar-refractivity contribution in [3.63, 3.8) is 0 Å². The Hall–Kier alpha value is -1.90. The van der Waals surface area contributed by atoms with Gasteiger partial charge < -0.3 is 4.74 Å². The van der Waals surface area contributed by atoms with Crippen LogP contribution in [0.2, 0.25) is 0 Å². The maximum Gasteiger partial charge on any atom is 0.293 e. The van der Waals surface area contributed by atoms with Gasteiger partial charge in [0.15, 0.2) is 0 Å². The average molecular weight is 304 g/mol. The lowest BCUT2D eigenvalue weighted by Crippen LogP contribution is -2.02. The van der Waals surface area contributed by atoms with Crippen LogP contribution < -0.4 is 0 Å². The van der Waals surface area contributed by atoms with Gasteiger partial charge >= 0.3 is 0 Å².